The van der Waals surface area contributed by atoms with Crippen molar-refractivity contribution in [1.82, 2.24) is 4.98 Å². The van der Waals surface area contributed by atoms with Crippen LogP contribution < -0.4 is 0 Å². The summed E-state index contributed by atoms with van der Waals surface area (Å²) in [7, 11) is 0. The third-order valence-electron chi connectivity index (χ3n) is 3.71. The molecule has 3 nitrogen and oxygen atoms in total. The van der Waals surface area contributed by atoms with Gasteiger partial charge in [0.2, 0.25) is 0 Å². The molecule has 0 fully saturated rings. The van der Waals surface area contributed by atoms with Crippen molar-refractivity contribution in [2.45, 2.75) is 0 Å². The molecule has 0 radical (unpaired) electrons. The highest BCUT2D eigenvalue weighted by molar-refractivity contribution is 6.44. The van der Waals surface area contributed by atoms with Crippen molar-refractivity contribution < 1.29 is 9.90 Å². The largest absolute Gasteiger partial charge is 0.476 e. The number of nitrogens with zero attached hydrogens (tertiary/aromatic N) is 1. The lowest BCUT2D eigenvalue weighted by Gasteiger charge is -2.13. The summed E-state index contributed by atoms with van der Waals surface area (Å²) < 4.78 is 0. The van der Waals surface area contributed by atoms with E-state index in [0.717, 1.165) is 0 Å². The van der Waals surface area contributed by atoms with Gasteiger partial charge in [-0.05, 0) is 30.3 Å². The summed E-state index contributed by atoms with van der Waals surface area (Å²) in [6, 6.07) is 7.58. The number of hydrogen-bond donors (Lipinski definition) is 1. The quantitative estimate of drug-likeness (QED) is 0.385. The van der Waals surface area contributed by atoms with Crippen LogP contribution in [0.2, 0.25) is 30.1 Å². The number of carboxylic acids is 1. The van der Waals surface area contributed by atoms with Crippen LogP contribution in [0.5, 0.6) is 0 Å². The van der Waals surface area contributed by atoms with Crippen LogP contribution in [-0.4, -0.2) is 16.1 Å². The van der Waals surface area contributed by atoms with E-state index < -0.39 is 5.97 Å². The van der Waals surface area contributed by atoms with Gasteiger partial charge >= 0.3 is 5.97 Å². The van der Waals surface area contributed by atoms with Crippen LogP contribution in [0, 0.1) is 0 Å². The lowest BCUT2D eigenvalue weighted by molar-refractivity contribution is 0.0691. The van der Waals surface area contributed by atoms with Gasteiger partial charge in [0.25, 0.3) is 0 Å². The van der Waals surface area contributed by atoms with E-state index in [9.17, 15) is 9.90 Å². The number of rotatable bonds is 3. The zero-order valence-electron chi connectivity index (χ0n) is 13.0. The van der Waals surface area contributed by atoms with E-state index in [-0.39, 0.29) is 26.3 Å². The van der Waals surface area contributed by atoms with Gasteiger partial charge in [-0.25, -0.2) is 9.78 Å². The van der Waals surface area contributed by atoms with Crippen molar-refractivity contribution in [1.29, 1.82) is 0 Å². The van der Waals surface area contributed by atoms with Crippen molar-refractivity contribution >= 4 is 75.6 Å². The minimum Gasteiger partial charge on any atom is -0.476 e. The molecule has 0 amide bonds. The van der Waals surface area contributed by atoms with Gasteiger partial charge in [-0.2, -0.15) is 0 Å². The Hall–Kier alpha value is -1.20. The van der Waals surface area contributed by atoms with Crippen LogP contribution >= 0.6 is 69.6 Å². The van der Waals surface area contributed by atoms with Gasteiger partial charge in [-0.15, -0.1) is 0 Å². The van der Waals surface area contributed by atoms with Crippen molar-refractivity contribution in [3.8, 4) is 22.3 Å². The monoisotopic (exact) mass is 479 g/mol. The molecule has 0 atom stereocenters. The fourth-order valence-electron chi connectivity index (χ4n) is 2.46. The maximum absolute atomic E-state index is 11.6. The Morgan fingerprint density at radius 2 is 1.15 bits per heavy atom. The van der Waals surface area contributed by atoms with E-state index >= 15 is 0 Å². The first kappa shape index (κ1) is 20.5. The Labute approximate surface area is 184 Å². The zero-order chi connectivity index (χ0) is 19.9. The summed E-state index contributed by atoms with van der Waals surface area (Å²) >= 11 is 36.6. The van der Waals surface area contributed by atoms with Gasteiger partial charge in [0.15, 0.2) is 5.69 Å². The van der Waals surface area contributed by atoms with Crippen molar-refractivity contribution in [3.05, 3.63) is 72.4 Å². The van der Waals surface area contributed by atoms with E-state index in [1.54, 1.807) is 12.1 Å². The highest BCUT2D eigenvalue weighted by Gasteiger charge is 2.19. The Kier molecular flexibility index (Phi) is 6.11. The number of carboxylic acid groups (broad SMARTS) is 1. The molecule has 0 aliphatic heterocycles. The van der Waals surface area contributed by atoms with Gasteiger partial charge in [0.1, 0.15) is 0 Å². The fraction of sp³-hybridized carbons (Fsp3) is 0. The molecular weight excluding hydrogens is 475 g/mol. The predicted octanol–water partition coefficient (Wildman–Crippen LogP) is 8.03. The first-order valence-electron chi connectivity index (χ1n) is 7.22. The molecule has 138 valence electrons. The molecule has 2 aromatic carbocycles. The molecule has 0 bridgehead atoms. The Morgan fingerprint density at radius 1 is 0.667 bits per heavy atom. The van der Waals surface area contributed by atoms with Crippen molar-refractivity contribution in [2.24, 2.45) is 0 Å². The summed E-state index contributed by atoms with van der Waals surface area (Å²) in [4.78, 5) is 15.7. The first-order chi connectivity index (χ1) is 12.7. The second-order valence-corrected chi connectivity index (χ2v) is 7.86. The maximum atomic E-state index is 11.6. The number of pyridine rings is 1. The molecule has 1 N–H and O–H groups in total. The van der Waals surface area contributed by atoms with Crippen molar-refractivity contribution in [3.63, 3.8) is 0 Å². The Bertz CT molecular complexity index is 1080. The normalized spacial score (nSPS) is 10.9. The summed E-state index contributed by atoms with van der Waals surface area (Å²) in [6.07, 6.45) is 1.38. The third kappa shape index (κ3) is 4.14. The minimum atomic E-state index is -1.22. The molecule has 0 saturated heterocycles. The molecule has 9 heteroatoms. The van der Waals surface area contributed by atoms with Crippen LogP contribution in [0.4, 0.5) is 0 Å². The number of carbonyl (C=O) groups is 1. The zero-order valence-corrected chi connectivity index (χ0v) is 17.6. The van der Waals surface area contributed by atoms with Crippen LogP contribution in [-0.2, 0) is 0 Å². The van der Waals surface area contributed by atoms with Crippen LogP contribution in [0.25, 0.3) is 22.3 Å². The van der Waals surface area contributed by atoms with Crippen LogP contribution in [0.1, 0.15) is 10.5 Å². The molecule has 27 heavy (non-hydrogen) atoms. The topological polar surface area (TPSA) is 50.2 Å². The average Bonchev–Trinajstić information content (AvgIpc) is 2.60. The fourth-order valence-corrected chi connectivity index (χ4v) is 3.77. The first-order valence-corrected chi connectivity index (χ1v) is 9.49. The molecule has 3 rings (SSSR count). The highest BCUT2D eigenvalue weighted by Crippen LogP contribution is 2.40. The number of hydrogen-bond acceptors (Lipinski definition) is 2. The van der Waals surface area contributed by atoms with Gasteiger partial charge < -0.3 is 5.11 Å². The van der Waals surface area contributed by atoms with Crippen LogP contribution in [0.3, 0.4) is 0 Å². The van der Waals surface area contributed by atoms with Gasteiger partial charge in [-0.3, -0.25) is 0 Å². The Balaban J connectivity index is 2.28. The molecular formula is C18H7Cl6NO2. The van der Waals surface area contributed by atoms with Gasteiger partial charge in [-0.1, -0.05) is 69.6 Å². The lowest BCUT2D eigenvalue weighted by Crippen LogP contribution is -2.04. The second-order valence-electron chi connectivity index (χ2n) is 5.42. The van der Waals surface area contributed by atoms with Crippen molar-refractivity contribution in [2.75, 3.05) is 0 Å². The Morgan fingerprint density at radius 3 is 1.70 bits per heavy atom. The summed E-state index contributed by atoms with van der Waals surface area (Å²) in [5.74, 6) is -1.22. The van der Waals surface area contributed by atoms with Gasteiger partial charge in [0.05, 0.1) is 30.1 Å². The smallest absolute Gasteiger partial charge is 0.355 e. The SMILES string of the molecule is O=C(O)c1ncc(-c2cc(Cl)c(Cl)cc2Cl)cc1-c1cc(Cl)c(Cl)cc1Cl. The molecule has 0 saturated carbocycles. The summed E-state index contributed by atoms with van der Waals surface area (Å²) in [6.45, 7) is 0. The minimum absolute atomic E-state index is 0.199. The molecule has 1 aromatic heterocycles. The van der Waals surface area contributed by atoms with E-state index in [2.05, 4.69) is 4.98 Å². The second kappa shape index (κ2) is 8.04. The highest BCUT2D eigenvalue weighted by atomic mass is 35.5. The molecule has 0 aliphatic rings. The third-order valence-corrected chi connectivity index (χ3v) is 5.78. The average molecular weight is 482 g/mol. The standard InChI is InChI=1S/C18H7Cl6NO2/c19-11-4-15(23)13(21)2-8(11)7-1-10(17(18(26)27)25-6-7)9-3-14(22)16(24)5-12(9)20/h1-6H,(H,26,27). The summed E-state index contributed by atoms with van der Waals surface area (Å²) in [5, 5.41) is 11.1. The maximum Gasteiger partial charge on any atom is 0.355 e. The number of aromatic nitrogens is 1. The van der Waals surface area contributed by atoms with Gasteiger partial charge in [0, 0.05) is 28.5 Å². The van der Waals surface area contributed by atoms with E-state index in [1.807, 2.05) is 0 Å². The molecule has 0 spiro atoms. The van der Waals surface area contributed by atoms with E-state index in [4.69, 9.17) is 69.6 Å². The predicted molar refractivity (Wildman–Crippen MR) is 112 cm³/mol. The number of halogens is 6. The van der Waals surface area contributed by atoms with E-state index in [1.165, 1.54) is 24.4 Å². The molecule has 0 unspecified atom stereocenters. The molecule has 1 heterocycles. The summed E-state index contributed by atoms with van der Waals surface area (Å²) in [5.41, 5.74) is 1.49. The number of benzene rings is 2. The molecule has 3 aromatic rings. The van der Waals surface area contributed by atoms with Crippen LogP contribution in [0.15, 0.2) is 36.5 Å². The lowest BCUT2D eigenvalue weighted by atomic mass is 9.99. The van der Waals surface area contributed by atoms with E-state index in [0.29, 0.717) is 31.8 Å². The molecule has 0 aliphatic carbocycles. The number of aromatic carboxylic acids is 1.